The average molecular weight is 670 g/mol. The van der Waals surface area contributed by atoms with Crippen molar-refractivity contribution >= 4 is 18.4 Å². The molecule has 3 nitrogen and oxygen atoms in total. The number of benzene rings is 6. The molecule has 0 unspecified atom stereocenters. The fourth-order valence-corrected chi connectivity index (χ4v) is 10.7. The summed E-state index contributed by atoms with van der Waals surface area (Å²) in [6, 6.07) is 62.1. The molecule has 6 aromatic carbocycles. The number of nitrogens with zero attached hydrogens (tertiary/aromatic N) is 3. The first-order valence-electron chi connectivity index (χ1n) is 17.4. The molecule has 0 aliphatic carbocycles. The van der Waals surface area contributed by atoms with Crippen LogP contribution in [-0.2, 0) is 0 Å². The maximum absolute atomic E-state index is 5.35. The summed E-state index contributed by atoms with van der Waals surface area (Å²) in [7, 11) is -2.02. The first-order chi connectivity index (χ1) is 25.0. The quantitative estimate of drug-likeness (QED) is 0.165. The van der Waals surface area contributed by atoms with Crippen LogP contribution in [0.25, 0.3) is 78.7 Å². The summed E-state index contributed by atoms with van der Waals surface area (Å²) in [4.78, 5) is 15.9. The Bertz CT molecular complexity index is 2490. The van der Waals surface area contributed by atoms with E-state index in [4.69, 9.17) is 15.0 Å². The maximum Gasteiger partial charge on any atom is 0.160 e. The molecule has 9 rings (SSSR count). The maximum atomic E-state index is 5.35. The van der Waals surface area contributed by atoms with E-state index < -0.39 is 8.07 Å². The highest BCUT2D eigenvalue weighted by molar-refractivity contribution is 7.04. The third-order valence-electron chi connectivity index (χ3n) is 10.1. The van der Waals surface area contributed by atoms with Crippen LogP contribution in [0.4, 0.5) is 0 Å². The highest BCUT2D eigenvalue weighted by Crippen LogP contribution is 2.36. The van der Waals surface area contributed by atoms with Gasteiger partial charge in [-0.2, -0.15) is 0 Å². The summed E-state index contributed by atoms with van der Waals surface area (Å²) < 4.78 is 0. The monoisotopic (exact) mass is 669 g/mol. The van der Waals surface area contributed by atoms with Crippen LogP contribution in [0, 0.1) is 0 Å². The molecule has 0 bridgehead atoms. The molecule has 4 heteroatoms. The van der Waals surface area contributed by atoms with Crippen LogP contribution in [0.3, 0.4) is 0 Å². The normalized spacial score (nSPS) is 12.7. The van der Waals surface area contributed by atoms with Gasteiger partial charge in [0.05, 0.1) is 22.8 Å². The molecule has 242 valence electrons. The lowest BCUT2D eigenvalue weighted by Crippen LogP contribution is -2.50. The van der Waals surface area contributed by atoms with Crippen LogP contribution in [0.2, 0.25) is 13.1 Å². The Morgan fingerprint density at radius 1 is 0.353 bits per heavy atom. The Kier molecular flexibility index (Phi) is 7.60. The van der Waals surface area contributed by atoms with E-state index in [9.17, 15) is 0 Å². The van der Waals surface area contributed by atoms with Gasteiger partial charge in [0.25, 0.3) is 0 Å². The van der Waals surface area contributed by atoms with E-state index in [2.05, 4.69) is 183 Å². The first kappa shape index (κ1) is 30.8. The van der Waals surface area contributed by atoms with E-state index in [-0.39, 0.29) is 0 Å². The summed E-state index contributed by atoms with van der Waals surface area (Å²) in [5.41, 5.74) is 14.1. The molecule has 0 radical (unpaired) electrons. The summed E-state index contributed by atoms with van der Waals surface area (Å²) >= 11 is 0. The van der Waals surface area contributed by atoms with Crippen molar-refractivity contribution in [2.75, 3.05) is 0 Å². The highest BCUT2D eigenvalue weighted by Gasteiger charge is 2.41. The van der Waals surface area contributed by atoms with Crippen molar-refractivity contribution in [1.82, 2.24) is 15.0 Å². The predicted molar refractivity (Wildman–Crippen MR) is 215 cm³/mol. The molecule has 8 aromatic rings. The minimum atomic E-state index is -2.02. The Hall–Kier alpha value is -6.23. The van der Waals surface area contributed by atoms with E-state index in [1.165, 1.54) is 21.5 Å². The number of rotatable bonds is 6. The van der Waals surface area contributed by atoms with Crippen molar-refractivity contribution in [2.45, 2.75) is 13.1 Å². The molecular weight excluding hydrogens is 635 g/mol. The van der Waals surface area contributed by atoms with Gasteiger partial charge in [-0.05, 0) is 62.5 Å². The largest absolute Gasteiger partial charge is 0.248 e. The fraction of sp³-hybridized carbons (Fsp3) is 0.0426. The van der Waals surface area contributed by atoms with E-state index in [0.29, 0.717) is 0 Å². The molecule has 0 amide bonds. The van der Waals surface area contributed by atoms with Crippen molar-refractivity contribution in [2.24, 2.45) is 0 Å². The molecule has 51 heavy (non-hydrogen) atoms. The van der Waals surface area contributed by atoms with Crippen LogP contribution in [0.1, 0.15) is 0 Å². The van der Waals surface area contributed by atoms with Crippen LogP contribution in [-0.4, -0.2) is 23.0 Å². The Morgan fingerprint density at radius 2 is 0.843 bits per heavy atom. The molecule has 1 aliphatic rings. The zero-order valence-corrected chi connectivity index (χ0v) is 29.6. The minimum absolute atomic E-state index is 0.747. The molecule has 2 aromatic heterocycles. The van der Waals surface area contributed by atoms with E-state index in [0.717, 1.165) is 67.5 Å². The standard InChI is InChI=1S/C47H35N3Si/c1-51(2)43-27-13-12-26-40(43)45-46(51)44(34-20-10-5-11-21-34)49-47(50-45)38-25-15-23-36(29-38)35-22-14-24-37(28-35)42-31-39(32-16-6-3-7-17-32)30-41(48-42)33-18-8-4-9-19-33/h3-31H,1-2H3. The highest BCUT2D eigenvalue weighted by atomic mass is 28.3. The number of hydrogen-bond donors (Lipinski definition) is 0. The molecule has 0 saturated carbocycles. The van der Waals surface area contributed by atoms with Gasteiger partial charge in [-0.3, -0.25) is 0 Å². The third-order valence-corrected chi connectivity index (χ3v) is 13.6. The fourth-order valence-electron chi connectivity index (χ4n) is 7.48. The van der Waals surface area contributed by atoms with Crippen molar-refractivity contribution in [1.29, 1.82) is 0 Å². The Labute approximate surface area is 300 Å². The molecule has 0 N–H and O–H groups in total. The minimum Gasteiger partial charge on any atom is -0.248 e. The molecule has 0 saturated heterocycles. The number of hydrogen-bond acceptors (Lipinski definition) is 3. The smallest absolute Gasteiger partial charge is 0.160 e. The van der Waals surface area contributed by atoms with Crippen molar-refractivity contribution in [3.05, 3.63) is 176 Å². The Balaban J connectivity index is 1.15. The number of fused-ring (bicyclic) bond motifs is 3. The first-order valence-corrected chi connectivity index (χ1v) is 20.4. The third kappa shape index (κ3) is 5.60. The van der Waals surface area contributed by atoms with Crippen molar-refractivity contribution < 1.29 is 0 Å². The van der Waals surface area contributed by atoms with Gasteiger partial charge in [0.15, 0.2) is 5.82 Å². The van der Waals surface area contributed by atoms with Crippen molar-refractivity contribution in [3.63, 3.8) is 0 Å². The van der Waals surface area contributed by atoms with E-state index in [1.807, 2.05) is 6.07 Å². The van der Waals surface area contributed by atoms with Gasteiger partial charge in [0, 0.05) is 22.3 Å². The van der Waals surface area contributed by atoms with Crippen LogP contribution in [0.5, 0.6) is 0 Å². The summed E-state index contributed by atoms with van der Waals surface area (Å²) in [6.07, 6.45) is 0. The van der Waals surface area contributed by atoms with Crippen molar-refractivity contribution in [3.8, 4) is 78.7 Å². The SMILES string of the molecule is C[Si]1(C)c2ccccc2-c2nc(-c3cccc(-c4cccc(-c5cc(-c6ccccc6)cc(-c6ccccc6)n5)c4)c3)nc(-c3ccccc3)c21. The summed E-state index contributed by atoms with van der Waals surface area (Å²) in [6.45, 7) is 4.85. The lowest BCUT2D eigenvalue weighted by molar-refractivity contribution is 1.20. The number of pyridine rings is 1. The predicted octanol–water partition coefficient (Wildman–Crippen LogP) is 10.7. The van der Waals surface area contributed by atoms with Crippen LogP contribution >= 0.6 is 0 Å². The molecule has 0 spiro atoms. The average Bonchev–Trinajstić information content (AvgIpc) is 3.44. The molecule has 1 aliphatic heterocycles. The van der Waals surface area contributed by atoms with Gasteiger partial charge in [-0.25, -0.2) is 15.0 Å². The van der Waals surface area contributed by atoms with Crippen LogP contribution in [0.15, 0.2) is 176 Å². The van der Waals surface area contributed by atoms with E-state index >= 15 is 0 Å². The Morgan fingerprint density at radius 3 is 1.53 bits per heavy atom. The van der Waals surface area contributed by atoms with E-state index in [1.54, 1.807) is 0 Å². The summed E-state index contributed by atoms with van der Waals surface area (Å²) in [5, 5.41) is 2.75. The molecule has 3 heterocycles. The summed E-state index contributed by atoms with van der Waals surface area (Å²) in [5.74, 6) is 0.747. The van der Waals surface area contributed by atoms with Gasteiger partial charge in [-0.15, -0.1) is 0 Å². The van der Waals surface area contributed by atoms with Gasteiger partial charge in [-0.1, -0.05) is 165 Å². The zero-order chi connectivity index (χ0) is 34.4. The van der Waals surface area contributed by atoms with Gasteiger partial charge < -0.3 is 0 Å². The second-order valence-electron chi connectivity index (χ2n) is 13.7. The van der Waals surface area contributed by atoms with Gasteiger partial charge >= 0.3 is 0 Å². The lowest BCUT2D eigenvalue weighted by Gasteiger charge is -2.21. The van der Waals surface area contributed by atoms with Gasteiger partial charge in [0.1, 0.15) is 8.07 Å². The molecule has 0 fully saturated rings. The van der Waals surface area contributed by atoms with Crippen LogP contribution < -0.4 is 10.4 Å². The number of aromatic nitrogens is 3. The topological polar surface area (TPSA) is 38.7 Å². The second-order valence-corrected chi connectivity index (χ2v) is 18.0. The second kappa shape index (κ2) is 12.6. The molecule has 0 atom stereocenters. The van der Waals surface area contributed by atoms with Gasteiger partial charge in [0.2, 0.25) is 0 Å². The zero-order valence-electron chi connectivity index (χ0n) is 28.6. The molecular formula is C47H35N3Si. The lowest BCUT2D eigenvalue weighted by atomic mass is 9.97.